The van der Waals surface area contributed by atoms with Gasteiger partial charge < -0.3 is 10.6 Å². The summed E-state index contributed by atoms with van der Waals surface area (Å²) >= 11 is 0. The highest BCUT2D eigenvalue weighted by molar-refractivity contribution is 5.89. The van der Waals surface area contributed by atoms with E-state index >= 15 is 0 Å². The minimum absolute atomic E-state index is 0.165. The van der Waals surface area contributed by atoms with E-state index in [0.717, 1.165) is 0 Å². The number of pyridine rings is 1. The number of anilines is 1. The van der Waals surface area contributed by atoms with Crippen molar-refractivity contribution in [2.24, 2.45) is 0 Å². The van der Waals surface area contributed by atoms with Gasteiger partial charge in [-0.15, -0.1) is 6.42 Å². The van der Waals surface area contributed by atoms with Gasteiger partial charge in [-0.1, -0.05) is 5.92 Å². The fourth-order valence-corrected chi connectivity index (χ4v) is 1.20. The Bertz CT molecular complexity index is 505. The molecule has 0 saturated carbocycles. The van der Waals surface area contributed by atoms with Crippen molar-refractivity contribution >= 4 is 11.7 Å². The lowest BCUT2D eigenvalue weighted by molar-refractivity contribution is 0.253. The smallest absolute Gasteiger partial charge is 0.320 e. The molecular formula is C13H14N4O. The van der Waals surface area contributed by atoms with E-state index in [-0.39, 0.29) is 12.6 Å². The van der Waals surface area contributed by atoms with Gasteiger partial charge in [-0.2, -0.15) is 5.26 Å². The Labute approximate surface area is 106 Å². The summed E-state index contributed by atoms with van der Waals surface area (Å²) in [5.74, 6) is 2.30. The summed E-state index contributed by atoms with van der Waals surface area (Å²) in [6, 6.07) is 5.17. The topological polar surface area (TPSA) is 77.8 Å². The van der Waals surface area contributed by atoms with Gasteiger partial charge in [0.1, 0.15) is 0 Å². The standard InChI is InChI=1S/C13H14N4O/c1-4-7-15-12(18)17-10-5-6-11(16-8-10)13(2,3)9-14/h1,5-6,8H,7H2,2-3H3,(H2,15,17,18). The van der Waals surface area contributed by atoms with Crippen molar-refractivity contribution in [3.63, 3.8) is 0 Å². The van der Waals surface area contributed by atoms with E-state index < -0.39 is 5.41 Å². The van der Waals surface area contributed by atoms with Crippen LogP contribution in [0.1, 0.15) is 19.5 Å². The number of aromatic nitrogens is 1. The SMILES string of the molecule is C#CCNC(=O)Nc1ccc(C(C)(C)C#N)nc1. The molecule has 1 aromatic heterocycles. The molecule has 5 heteroatoms. The average Bonchev–Trinajstić information content (AvgIpc) is 2.37. The van der Waals surface area contributed by atoms with E-state index in [1.54, 1.807) is 26.0 Å². The molecule has 2 amide bonds. The lowest BCUT2D eigenvalue weighted by Gasteiger charge is -2.14. The molecule has 92 valence electrons. The van der Waals surface area contributed by atoms with Crippen LogP contribution >= 0.6 is 0 Å². The highest BCUT2D eigenvalue weighted by atomic mass is 16.2. The quantitative estimate of drug-likeness (QED) is 0.791. The molecule has 5 nitrogen and oxygen atoms in total. The summed E-state index contributed by atoms with van der Waals surface area (Å²) in [5.41, 5.74) is 0.547. The molecule has 0 aliphatic rings. The maximum absolute atomic E-state index is 11.3. The third kappa shape index (κ3) is 3.50. The van der Waals surface area contributed by atoms with Gasteiger partial charge in [0.15, 0.2) is 0 Å². The molecule has 0 radical (unpaired) electrons. The van der Waals surface area contributed by atoms with Gasteiger partial charge in [0.05, 0.1) is 35.6 Å². The van der Waals surface area contributed by atoms with Crippen LogP contribution in [0.25, 0.3) is 0 Å². The summed E-state index contributed by atoms with van der Waals surface area (Å²) in [4.78, 5) is 15.5. The van der Waals surface area contributed by atoms with Crippen LogP contribution in [0.3, 0.4) is 0 Å². The van der Waals surface area contributed by atoms with Crippen LogP contribution in [0, 0.1) is 23.7 Å². The first-order chi connectivity index (χ1) is 8.49. The monoisotopic (exact) mass is 242 g/mol. The number of terminal acetylenes is 1. The Balaban J connectivity index is 2.70. The number of carbonyl (C=O) groups is 1. The first kappa shape index (κ1) is 13.5. The highest BCUT2D eigenvalue weighted by Gasteiger charge is 2.20. The molecule has 0 bridgehead atoms. The first-order valence-electron chi connectivity index (χ1n) is 5.35. The third-order valence-electron chi connectivity index (χ3n) is 2.29. The van der Waals surface area contributed by atoms with Crippen molar-refractivity contribution in [3.05, 3.63) is 24.0 Å². The van der Waals surface area contributed by atoms with Crippen LogP contribution in [0.4, 0.5) is 10.5 Å². The van der Waals surface area contributed by atoms with E-state index in [1.807, 2.05) is 0 Å². The summed E-state index contributed by atoms with van der Waals surface area (Å²) in [6.45, 7) is 3.73. The number of nitrogens with zero attached hydrogens (tertiary/aromatic N) is 2. The van der Waals surface area contributed by atoms with E-state index in [2.05, 4.69) is 27.6 Å². The lowest BCUT2D eigenvalue weighted by Crippen LogP contribution is -2.29. The molecule has 0 unspecified atom stereocenters. The molecular weight excluding hydrogens is 228 g/mol. The Kier molecular flexibility index (Phi) is 4.28. The molecule has 0 fully saturated rings. The van der Waals surface area contributed by atoms with Crippen LogP contribution in [0.5, 0.6) is 0 Å². The second-order valence-electron chi connectivity index (χ2n) is 4.18. The third-order valence-corrected chi connectivity index (χ3v) is 2.29. The molecule has 1 heterocycles. The first-order valence-corrected chi connectivity index (χ1v) is 5.35. The highest BCUT2D eigenvalue weighted by Crippen LogP contribution is 2.20. The zero-order valence-corrected chi connectivity index (χ0v) is 10.3. The molecule has 0 spiro atoms. The van der Waals surface area contributed by atoms with E-state index in [0.29, 0.717) is 11.4 Å². The van der Waals surface area contributed by atoms with Gasteiger partial charge in [0, 0.05) is 0 Å². The normalized spacial score (nSPS) is 10.0. The Morgan fingerprint density at radius 1 is 1.56 bits per heavy atom. The number of nitriles is 1. The molecule has 18 heavy (non-hydrogen) atoms. The number of urea groups is 1. The minimum Gasteiger partial charge on any atom is -0.327 e. The predicted octanol–water partition coefficient (Wildman–Crippen LogP) is 1.64. The van der Waals surface area contributed by atoms with Crippen molar-refractivity contribution in [2.45, 2.75) is 19.3 Å². The van der Waals surface area contributed by atoms with Crippen molar-refractivity contribution in [2.75, 3.05) is 11.9 Å². The van der Waals surface area contributed by atoms with Crippen molar-refractivity contribution in [1.29, 1.82) is 5.26 Å². The maximum atomic E-state index is 11.3. The Hall–Kier alpha value is -2.53. The minimum atomic E-state index is -0.649. The van der Waals surface area contributed by atoms with Crippen LogP contribution < -0.4 is 10.6 Å². The van der Waals surface area contributed by atoms with E-state index in [1.165, 1.54) is 6.20 Å². The van der Waals surface area contributed by atoms with Crippen LogP contribution in [-0.2, 0) is 5.41 Å². The number of hydrogen-bond donors (Lipinski definition) is 2. The second kappa shape index (κ2) is 5.70. The number of rotatable bonds is 3. The van der Waals surface area contributed by atoms with Crippen molar-refractivity contribution in [1.82, 2.24) is 10.3 Å². The van der Waals surface area contributed by atoms with Crippen LogP contribution in [0.15, 0.2) is 18.3 Å². The van der Waals surface area contributed by atoms with Gasteiger partial charge in [0.25, 0.3) is 0 Å². The largest absolute Gasteiger partial charge is 0.327 e. The molecule has 0 aliphatic carbocycles. The predicted molar refractivity (Wildman–Crippen MR) is 68.7 cm³/mol. The molecule has 0 saturated heterocycles. The molecule has 1 rings (SSSR count). The van der Waals surface area contributed by atoms with E-state index in [9.17, 15) is 4.79 Å². The van der Waals surface area contributed by atoms with Crippen molar-refractivity contribution in [3.8, 4) is 18.4 Å². The van der Waals surface area contributed by atoms with Gasteiger partial charge >= 0.3 is 6.03 Å². The fourth-order valence-electron chi connectivity index (χ4n) is 1.20. The Morgan fingerprint density at radius 2 is 2.28 bits per heavy atom. The molecule has 2 N–H and O–H groups in total. The number of carbonyl (C=O) groups excluding carboxylic acids is 1. The van der Waals surface area contributed by atoms with Crippen LogP contribution in [-0.4, -0.2) is 17.6 Å². The fraction of sp³-hybridized carbons (Fsp3) is 0.308. The second-order valence-corrected chi connectivity index (χ2v) is 4.18. The van der Waals surface area contributed by atoms with E-state index in [4.69, 9.17) is 11.7 Å². The summed E-state index contributed by atoms with van der Waals surface area (Å²) in [6.07, 6.45) is 6.52. The van der Waals surface area contributed by atoms with Crippen molar-refractivity contribution < 1.29 is 4.79 Å². The maximum Gasteiger partial charge on any atom is 0.320 e. The summed E-state index contributed by atoms with van der Waals surface area (Å²) in [5, 5.41) is 14.0. The molecule has 0 atom stereocenters. The summed E-state index contributed by atoms with van der Waals surface area (Å²) in [7, 11) is 0. The molecule has 0 aromatic carbocycles. The zero-order valence-electron chi connectivity index (χ0n) is 10.3. The van der Waals surface area contributed by atoms with Gasteiger partial charge in [-0.25, -0.2) is 4.79 Å². The number of nitrogens with one attached hydrogen (secondary N) is 2. The number of amides is 2. The lowest BCUT2D eigenvalue weighted by atomic mass is 9.91. The Morgan fingerprint density at radius 3 is 2.78 bits per heavy atom. The number of hydrogen-bond acceptors (Lipinski definition) is 3. The van der Waals surface area contributed by atoms with Crippen LogP contribution in [0.2, 0.25) is 0 Å². The van der Waals surface area contributed by atoms with Gasteiger partial charge in [0.2, 0.25) is 0 Å². The molecule has 0 aliphatic heterocycles. The molecule has 1 aromatic rings. The zero-order chi connectivity index (χ0) is 13.6. The van der Waals surface area contributed by atoms with Gasteiger partial charge in [-0.3, -0.25) is 4.98 Å². The average molecular weight is 242 g/mol. The van der Waals surface area contributed by atoms with Gasteiger partial charge in [-0.05, 0) is 26.0 Å². The summed E-state index contributed by atoms with van der Waals surface area (Å²) < 4.78 is 0.